The van der Waals surface area contributed by atoms with E-state index in [1.54, 1.807) is 5.38 Å². The molecule has 126 valence electrons. The summed E-state index contributed by atoms with van der Waals surface area (Å²) in [5.74, 6) is 0.896. The van der Waals surface area contributed by atoms with Crippen LogP contribution < -0.4 is 11.1 Å². The van der Waals surface area contributed by atoms with Crippen LogP contribution in [0.4, 0.5) is 0 Å². The van der Waals surface area contributed by atoms with Crippen LogP contribution in [0, 0.1) is 5.92 Å². The molecule has 1 aliphatic heterocycles. The Kier molecular flexibility index (Phi) is 8.07. The molecule has 3 rings (SSSR count). The molecule has 8 heteroatoms. The Hall–Kier alpha value is -0.400. The number of nitrogens with two attached hydrogens (primary N) is 1. The third kappa shape index (κ3) is 5.35. The highest BCUT2D eigenvalue weighted by molar-refractivity contribution is 7.09. The van der Waals surface area contributed by atoms with Crippen molar-refractivity contribution in [3.8, 4) is 0 Å². The van der Waals surface area contributed by atoms with Crippen LogP contribution in [-0.4, -0.2) is 41.5 Å². The molecule has 1 aliphatic carbocycles. The predicted octanol–water partition coefficient (Wildman–Crippen LogP) is 2.05. The standard InChI is InChI=1S/C14H22N4OS.2ClH/c15-7-13-17-12(9-20-13)14(19)16-11-3-5-18(6-4-11)8-10-1-2-10;;/h9-11H,1-8,15H2,(H,16,19);2*1H. The van der Waals surface area contributed by atoms with Crippen LogP contribution in [0.2, 0.25) is 0 Å². The Labute approximate surface area is 147 Å². The van der Waals surface area contributed by atoms with Gasteiger partial charge in [-0.3, -0.25) is 4.79 Å². The molecule has 0 unspecified atom stereocenters. The molecule has 0 spiro atoms. The van der Waals surface area contributed by atoms with Crippen molar-refractivity contribution >= 4 is 42.1 Å². The predicted molar refractivity (Wildman–Crippen MR) is 94.2 cm³/mol. The lowest BCUT2D eigenvalue weighted by molar-refractivity contribution is 0.0905. The minimum atomic E-state index is -0.0541. The molecule has 0 aromatic carbocycles. The van der Waals surface area contributed by atoms with Gasteiger partial charge in [0, 0.05) is 37.6 Å². The number of aromatic nitrogens is 1. The van der Waals surface area contributed by atoms with E-state index in [-0.39, 0.29) is 30.7 Å². The summed E-state index contributed by atoms with van der Waals surface area (Å²) in [6.45, 7) is 3.86. The summed E-state index contributed by atoms with van der Waals surface area (Å²) in [6.07, 6.45) is 4.91. The number of carbonyl (C=O) groups is 1. The number of carbonyl (C=O) groups excluding carboxylic acids is 1. The number of piperidine rings is 1. The van der Waals surface area contributed by atoms with E-state index in [0.29, 0.717) is 18.3 Å². The molecule has 1 aromatic heterocycles. The fourth-order valence-corrected chi connectivity index (χ4v) is 3.35. The number of hydrogen-bond donors (Lipinski definition) is 2. The SMILES string of the molecule is Cl.Cl.NCc1nc(C(=O)NC2CCN(CC3CC3)CC2)cs1. The first kappa shape index (κ1) is 19.6. The second-order valence-electron chi connectivity index (χ2n) is 5.82. The quantitative estimate of drug-likeness (QED) is 0.836. The van der Waals surface area contributed by atoms with Crippen molar-refractivity contribution in [3.05, 3.63) is 16.1 Å². The average Bonchev–Trinajstić information content (AvgIpc) is 3.14. The number of hydrogen-bond acceptors (Lipinski definition) is 5. The van der Waals surface area contributed by atoms with Gasteiger partial charge < -0.3 is 16.0 Å². The largest absolute Gasteiger partial charge is 0.348 e. The van der Waals surface area contributed by atoms with Gasteiger partial charge in [0.15, 0.2) is 0 Å². The van der Waals surface area contributed by atoms with Gasteiger partial charge in [-0.15, -0.1) is 36.2 Å². The first-order chi connectivity index (χ1) is 9.74. The molecule has 5 nitrogen and oxygen atoms in total. The normalized spacial score (nSPS) is 19.1. The van der Waals surface area contributed by atoms with Crippen molar-refractivity contribution < 1.29 is 4.79 Å². The summed E-state index contributed by atoms with van der Waals surface area (Å²) in [5, 5.41) is 5.71. The van der Waals surface area contributed by atoms with Gasteiger partial charge in [0.2, 0.25) is 0 Å². The zero-order chi connectivity index (χ0) is 13.9. The molecule has 2 heterocycles. The van der Waals surface area contributed by atoms with Crippen LogP contribution in [0.25, 0.3) is 0 Å². The second-order valence-corrected chi connectivity index (χ2v) is 6.76. The third-order valence-electron chi connectivity index (χ3n) is 4.10. The Bertz CT molecular complexity index is 473. The monoisotopic (exact) mass is 366 g/mol. The average molecular weight is 367 g/mol. The first-order valence-electron chi connectivity index (χ1n) is 7.42. The third-order valence-corrected chi connectivity index (χ3v) is 4.97. The number of nitrogens with one attached hydrogen (secondary N) is 1. The summed E-state index contributed by atoms with van der Waals surface area (Å²) >= 11 is 1.45. The fourth-order valence-electron chi connectivity index (χ4n) is 2.69. The number of nitrogens with zero attached hydrogens (tertiary/aromatic N) is 2. The Morgan fingerprint density at radius 1 is 1.32 bits per heavy atom. The topological polar surface area (TPSA) is 71.2 Å². The molecular formula is C14H24Cl2N4OS. The maximum Gasteiger partial charge on any atom is 0.270 e. The van der Waals surface area contributed by atoms with Gasteiger partial charge >= 0.3 is 0 Å². The first-order valence-corrected chi connectivity index (χ1v) is 8.30. The molecule has 1 saturated carbocycles. The fraction of sp³-hybridized carbons (Fsp3) is 0.714. The lowest BCUT2D eigenvalue weighted by Gasteiger charge is -2.32. The minimum absolute atomic E-state index is 0. The van der Waals surface area contributed by atoms with E-state index < -0.39 is 0 Å². The van der Waals surface area contributed by atoms with Gasteiger partial charge in [0.1, 0.15) is 10.7 Å². The van der Waals surface area contributed by atoms with Crippen molar-refractivity contribution in [2.24, 2.45) is 11.7 Å². The van der Waals surface area contributed by atoms with Gasteiger partial charge in [-0.2, -0.15) is 0 Å². The summed E-state index contributed by atoms with van der Waals surface area (Å²) in [4.78, 5) is 18.9. The van der Waals surface area contributed by atoms with Gasteiger partial charge in [0.25, 0.3) is 5.91 Å². The van der Waals surface area contributed by atoms with Gasteiger partial charge in [-0.1, -0.05) is 0 Å². The number of likely N-dealkylation sites (tertiary alicyclic amines) is 1. The molecular weight excluding hydrogens is 343 g/mol. The summed E-state index contributed by atoms with van der Waals surface area (Å²) < 4.78 is 0. The van der Waals surface area contributed by atoms with Gasteiger partial charge in [-0.25, -0.2) is 4.98 Å². The van der Waals surface area contributed by atoms with Gasteiger partial charge in [0.05, 0.1) is 0 Å². The second kappa shape index (κ2) is 9.03. The molecule has 1 aromatic rings. The summed E-state index contributed by atoms with van der Waals surface area (Å²) in [6, 6.07) is 0.293. The van der Waals surface area contributed by atoms with E-state index in [1.165, 1.54) is 30.7 Å². The molecule has 0 radical (unpaired) electrons. The number of amides is 1. The number of halogens is 2. The Morgan fingerprint density at radius 2 is 2.00 bits per heavy atom. The highest BCUT2D eigenvalue weighted by atomic mass is 35.5. The highest BCUT2D eigenvalue weighted by Gasteiger charge is 2.27. The molecule has 2 fully saturated rings. The Balaban J connectivity index is 0.00000121. The molecule has 0 atom stereocenters. The molecule has 3 N–H and O–H groups in total. The number of rotatable bonds is 5. The lowest BCUT2D eigenvalue weighted by atomic mass is 10.0. The van der Waals surface area contributed by atoms with E-state index in [9.17, 15) is 4.79 Å². The van der Waals surface area contributed by atoms with E-state index in [0.717, 1.165) is 36.9 Å². The van der Waals surface area contributed by atoms with E-state index in [4.69, 9.17) is 5.73 Å². The molecule has 2 aliphatic rings. The van der Waals surface area contributed by atoms with Gasteiger partial charge in [-0.05, 0) is 31.6 Å². The molecule has 1 saturated heterocycles. The summed E-state index contributed by atoms with van der Waals surface area (Å²) in [7, 11) is 0. The van der Waals surface area contributed by atoms with Crippen molar-refractivity contribution in [1.29, 1.82) is 0 Å². The molecule has 0 bridgehead atoms. The lowest BCUT2D eigenvalue weighted by Crippen LogP contribution is -2.45. The zero-order valence-corrected chi connectivity index (χ0v) is 14.9. The summed E-state index contributed by atoms with van der Waals surface area (Å²) in [5.41, 5.74) is 6.03. The van der Waals surface area contributed by atoms with E-state index in [2.05, 4.69) is 15.2 Å². The van der Waals surface area contributed by atoms with Crippen LogP contribution in [0.1, 0.15) is 41.2 Å². The molecule has 22 heavy (non-hydrogen) atoms. The van der Waals surface area contributed by atoms with Crippen molar-refractivity contribution in [3.63, 3.8) is 0 Å². The molecule has 1 amide bonds. The van der Waals surface area contributed by atoms with Crippen LogP contribution in [0.3, 0.4) is 0 Å². The van der Waals surface area contributed by atoms with E-state index in [1.807, 2.05) is 0 Å². The Morgan fingerprint density at radius 3 is 2.55 bits per heavy atom. The van der Waals surface area contributed by atoms with E-state index >= 15 is 0 Å². The highest BCUT2D eigenvalue weighted by Crippen LogP contribution is 2.30. The maximum atomic E-state index is 12.1. The van der Waals surface area contributed by atoms with Crippen LogP contribution in [0.15, 0.2) is 5.38 Å². The van der Waals surface area contributed by atoms with Crippen molar-refractivity contribution in [2.75, 3.05) is 19.6 Å². The minimum Gasteiger partial charge on any atom is -0.348 e. The number of thiazole rings is 1. The van der Waals surface area contributed by atoms with Crippen LogP contribution in [-0.2, 0) is 6.54 Å². The van der Waals surface area contributed by atoms with Crippen molar-refractivity contribution in [1.82, 2.24) is 15.2 Å². The van der Waals surface area contributed by atoms with Crippen LogP contribution >= 0.6 is 36.2 Å². The van der Waals surface area contributed by atoms with Crippen molar-refractivity contribution in [2.45, 2.75) is 38.3 Å². The maximum absolute atomic E-state index is 12.1. The zero-order valence-electron chi connectivity index (χ0n) is 12.5. The smallest absolute Gasteiger partial charge is 0.270 e. The van der Waals surface area contributed by atoms with Crippen LogP contribution in [0.5, 0.6) is 0 Å².